The number of carbonyl (C=O) groups is 1. The highest BCUT2D eigenvalue weighted by molar-refractivity contribution is 7.15. The molecule has 30 heavy (non-hydrogen) atoms. The van der Waals surface area contributed by atoms with Crippen LogP contribution in [0.5, 0.6) is 0 Å². The Morgan fingerprint density at radius 1 is 1.20 bits per heavy atom. The Morgan fingerprint density at radius 2 is 2.03 bits per heavy atom. The van der Waals surface area contributed by atoms with Gasteiger partial charge < -0.3 is 15.0 Å². The molecule has 1 amide bonds. The number of hydrogen-bond acceptors (Lipinski definition) is 9. The highest BCUT2D eigenvalue weighted by Crippen LogP contribution is 2.28. The molecule has 3 aromatic rings. The minimum absolute atomic E-state index is 0.0261. The summed E-state index contributed by atoms with van der Waals surface area (Å²) in [4.78, 5) is 24.9. The first-order valence-corrected chi connectivity index (χ1v) is 10.6. The van der Waals surface area contributed by atoms with E-state index in [1.54, 1.807) is 23.2 Å². The van der Waals surface area contributed by atoms with Gasteiger partial charge in [0.2, 0.25) is 5.91 Å². The van der Waals surface area contributed by atoms with Gasteiger partial charge in [-0.05, 0) is 39.8 Å². The minimum atomic E-state index is -0.292. The number of nitrogens with zero attached hydrogens (tertiary/aromatic N) is 5. The lowest BCUT2D eigenvalue weighted by molar-refractivity contribution is -0.138. The van der Waals surface area contributed by atoms with Gasteiger partial charge in [-0.25, -0.2) is 9.61 Å². The van der Waals surface area contributed by atoms with Crippen molar-refractivity contribution in [2.75, 3.05) is 25.0 Å². The van der Waals surface area contributed by atoms with Crippen LogP contribution in [0.25, 0.3) is 0 Å². The topological polar surface area (TPSA) is 106 Å². The van der Waals surface area contributed by atoms with Crippen molar-refractivity contribution >= 4 is 28.1 Å². The van der Waals surface area contributed by atoms with E-state index >= 15 is 0 Å². The van der Waals surface area contributed by atoms with Gasteiger partial charge in [-0.3, -0.25) is 9.78 Å². The molecule has 1 aliphatic rings. The van der Waals surface area contributed by atoms with Crippen LogP contribution < -0.4 is 5.32 Å². The molecule has 4 rings (SSSR count). The summed E-state index contributed by atoms with van der Waals surface area (Å²) in [5.74, 6) is -0.0261. The zero-order chi connectivity index (χ0) is 21.3. The van der Waals surface area contributed by atoms with E-state index < -0.39 is 0 Å². The van der Waals surface area contributed by atoms with E-state index in [9.17, 15) is 4.79 Å². The molecule has 3 aromatic heterocycles. The maximum atomic E-state index is 12.7. The van der Waals surface area contributed by atoms with Crippen LogP contribution in [0.15, 0.2) is 16.8 Å². The standard InChI is InChI=1S/C20H24N6O3S/c1-11-7-15(23-20-22-12(2)14(4)30-20)8-17(21-11)18-10-26(5-6-28-18)19(27)9-16-13(3)24-29-25-16/h7-8,18H,5-6,9-10H2,1-4H3,(H,21,22,23)/t18-/m0/s1. The molecule has 1 saturated heterocycles. The Bertz CT molecular complexity index is 1040. The molecule has 1 atom stereocenters. The molecule has 1 fully saturated rings. The first kappa shape index (κ1) is 20.4. The van der Waals surface area contributed by atoms with E-state index in [0.717, 1.165) is 27.9 Å². The lowest BCUT2D eigenvalue weighted by Gasteiger charge is -2.33. The first-order valence-electron chi connectivity index (χ1n) is 9.76. The first-order chi connectivity index (χ1) is 14.4. The van der Waals surface area contributed by atoms with Crippen LogP contribution in [0, 0.1) is 27.7 Å². The SMILES string of the molecule is Cc1cc(Nc2nc(C)c(C)s2)cc([C@@H]2CN(C(=O)Cc3nonc3C)CCO2)n1. The number of carbonyl (C=O) groups excluding carboxylic acids is 1. The fourth-order valence-electron chi connectivity index (χ4n) is 3.30. The Morgan fingerprint density at radius 3 is 2.73 bits per heavy atom. The largest absolute Gasteiger partial charge is 0.368 e. The fourth-order valence-corrected chi connectivity index (χ4v) is 4.14. The summed E-state index contributed by atoms with van der Waals surface area (Å²) in [5.41, 5.74) is 4.79. The molecule has 0 spiro atoms. The summed E-state index contributed by atoms with van der Waals surface area (Å²) >= 11 is 1.62. The van der Waals surface area contributed by atoms with Crippen molar-refractivity contribution in [2.45, 2.75) is 40.2 Å². The molecule has 158 valence electrons. The average Bonchev–Trinajstić information content (AvgIpc) is 3.25. The van der Waals surface area contributed by atoms with Gasteiger partial charge in [0.25, 0.3) is 0 Å². The number of nitrogens with one attached hydrogen (secondary N) is 1. The van der Waals surface area contributed by atoms with Crippen molar-refractivity contribution in [3.63, 3.8) is 0 Å². The summed E-state index contributed by atoms with van der Waals surface area (Å²) in [7, 11) is 0. The molecule has 9 nitrogen and oxygen atoms in total. The summed E-state index contributed by atoms with van der Waals surface area (Å²) in [5, 5.41) is 11.8. The van der Waals surface area contributed by atoms with Crippen molar-refractivity contribution in [3.05, 3.63) is 45.5 Å². The highest BCUT2D eigenvalue weighted by atomic mass is 32.1. The molecule has 0 aromatic carbocycles. The molecule has 4 heterocycles. The molecule has 0 saturated carbocycles. The molecule has 0 aliphatic carbocycles. The molecule has 0 radical (unpaired) electrons. The van der Waals surface area contributed by atoms with Gasteiger partial charge in [0.05, 0.1) is 31.0 Å². The van der Waals surface area contributed by atoms with Crippen LogP contribution >= 0.6 is 11.3 Å². The normalized spacial score (nSPS) is 16.7. The number of hydrogen-bond donors (Lipinski definition) is 1. The Labute approximate surface area is 178 Å². The number of anilines is 2. The van der Waals surface area contributed by atoms with E-state index in [2.05, 4.69) is 32.5 Å². The van der Waals surface area contributed by atoms with Gasteiger partial charge in [0.15, 0.2) is 5.13 Å². The number of ether oxygens (including phenoxy) is 1. The highest BCUT2D eigenvalue weighted by Gasteiger charge is 2.27. The predicted molar refractivity (Wildman–Crippen MR) is 112 cm³/mol. The molecule has 1 N–H and O–H groups in total. The van der Waals surface area contributed by atoms with Crippen molar-refractivity contribution in [3.8, 4) is 0 Å². The van der Waals surface area contributed by atoms with E-state index in [1.807, 2.05) is 26.0 Å². The summed E-state index contributed by atoms with van der Waals surface area (Å²) < 4.78 is 10.6. The van der Waals surface area contributed by atoms with Crippen molar-refractivity contribution in [2.24, 2.45) is 0 Å². The number of pyridine rings is 1. The van der Waals surface area contributed by atoms with Gasteiger partial charge >= 0.3 is 0 Å². The number of morpholine rings is 1. The third-order valence-corrected chi connectivity index (χ3v) is 6.06. The number of aromatic nitrogens is 4. The van der Waals surface area contributed by atoms with Gasteiger partial charge in [-0.1, -0.05) is 10.3 Å². The van der Waals surface area contributed by atoms with Gasteiger partial charge in [0.1, 0.15) is 17.5 Å². The zero-order valence-corrected chi connectivity index (χ0v) is 18.2. The zero-order valence-electron chi connectivity index (χ0n) is 17.4. The number of rotatable bonds is 5. The second-order valence-corrected chi connectivity index (χ2v) is 8.58. The van der Waals surface area contributed by atoms with E-state index in [1.165, 1.54) is 4.88 Å². The summed E-state index contributed by atoms with van der Waals surface area (Å²) in [6.07, 6.45) is -0.127. The summed E-state index contributed by atoms with van der Waals surface area (Å²) in [6.45, 7) is 9.20. The van der Waals surface area contributed by atoms with Crippen molar-refractivity contribution < 1.29 is 14.2 Å². The van der Waals surface area contributed by atoms with Gasteiger partial charge in [0, 0.05) is 22.8 Å². The smallest absolute Gasteiger partial charge is 0.228 e. The Kier molecular flexibility index (Phi) is 5.78. The van der Waals surface area contributed by atoms with Crippen LogP contribution in [-0.4, -0.2) is 50.8 Å². The third-order valence-electron chi connectivity index (χ3n) is 5.07. The fraction of sp³-hybridized carbons (Fsp3) is 0.450. The van der Waals surface area contributed by atoms with Crippen LogP contribution in [0.2, 0.25) is 0 Å². The van der Waals surface area contributed by atoms with Crippen LogP contribution in [-0.2, 0) is 16.0 Å². The number of aryl methyl sites for hydroxylation is 4. The maximum Gasteiger partial charge on any atom is 0.228 e. The number of amides is 1. The molecular formula is C20H24N6O3S. The van der Waals surface area contributed by atoms with E-state index in [4.69, 9.17) is 9.37 Å². The monoisotopic (exact) mass is 428 g/mol. The van der Waals surface area contributed by atoms with E-state index in [0.29, 0.717) is 31.1 Å². The molecule has 1 aliphatic heterocycles. The molecule has 10 heteroatoms. The maximum absolute atomic E-state index is 12.7. The van der Waals surface area contributed by atoms with E-state index in [-0.39, 0.29) is 18.4 Å². The lowest BCUT2D eigenvalue weighted by Crippen LogP contribution is -2.43. The molecule has 0 bridgehead atoms. The number of thiazole rings is 1. The lowest BCUT2D eigenvalue weighted by atomic mass is 10.1. The van der Waals surface area contributed by atoms with Gasteiger partial charge in [-0.2, -0.15) is 0 Å². The van der Waals surface area contributed by atoms with Crippen LogP contribution in [0.4, 0.5) is 10.8 Å². The summed E-state index contributed by atoms with van der Waals surface area (Å²) in [6, 6.07) is 3.94. The predicted octanol–water partition coefficient (Wildman–Crippen LogP) is 3.04. The van der Waals surface area contributed by atoms with Gasteiger partial charge in [-0.15, -0.1) is 11.3 Å². The average molecular weight is 429 g/mol. The molecule has 0 unspecified atom stereocenters. The van der Waals surface area contributed by atoms with Crippen LogP contribution in [0.3, 0.4) is 0 Å². The quantitative estimate of drug-likeness (QED) is 0.661. The van der Waals surface area contributed by atoms with Crippen molar-refractivity contribution in [1.29, 1.82) is 0 Å². The third kappa shape index (κ3) is 4.49. The van der Waals surface area contributed by atoms with Crippen LogP contribution in [0.1, 0.15) is 39.5 Å². The Hall–Kier alpha value is -2.85. The minimum Gasteiger partial charge on any atom is -0.368 e. The Balaban J connectivity index is 1.48. The van der Waals surface area contributed by atoms with Crippen molar-refractivity contribution in [1.82, 2.24) is 25.2 Å². The second-order valence-electron chi connectivity index (χ2n) is 7.38. The second kappa shape index (κ2) is 8.49. The molecular weight excluding hydrogens is 404 g/mol.